The minimum absolute atomic E-state index is 0.0162. The number of nitrogens with one attached hydrogen (secondary N) is 1. The average molecular weight is 191 g/mol. The van der Waals surface area contributed by atoms with Crippen molar-refractivity contribution in [2.45, 2.75) is 13.1 Å². The van der Waals surface area contributed by atoms with E-state index in [2.05, 4.69) is 0 Å². The molecule has 1 aromatic carbocycles. The van der Waals surface area contributed by atoms with Crippen molar-refractivity contribution in [1.29, 1.82) is 0 Å². The van der Waals surface area contributed by atoms with Crippen LogP contribution < -0.4 is 5.48 Å². The lowest BCUT2D eigenvalue weighted by molar-refractivity contribution is -0.138. The summed E-state index contributed by atoms with van der Waals surface area (Å²) in [5.41, 5.74) is 1.01. The molecule has 0 saturated heterocycles. The smallest absolute Gasteiger partial charge is 0.291 e. The van der Waals surface area contributed by atoms with Gasteiger partial charge in [0.2, 0.25) is 0 Å². The molecule has 0 unspecified atom stereocenters. The molecule has 0 atom stereocenters. The van der Waals surface area contributed by atoms with E-state index < -0.39 is 11.7 Å². The first-order chi connectivity index (χ1) is 5.96. The van der Waals surface area contributed by atoms with Gasteiger partial charge < -0.3 is 0 Å². The summed E-state index contributed by atoms with van der Waals surface area (Å²) in [6.07, 6.45) is -4.38. The van der Waals surface area contributed by atoms with Gasteiger partial charge in [0, 0.05) is 0 Å². The van der Waals surface area contributed by atoms with Crippen molar-refractivity contribution in [3.05, 3.63) is 29.3 Å². The highest BCUT2D eigenvalue weighted by atomic mass is 19.4. The molecular weight excluding hydrogens is 183 g/mol. The minimum atomic E-state index is -4.38. The molecule has 1 aromatic rings. The molecule has 1 rings (SSSR count). The highest BCUT2D eigenvalue weighted by Gasteiger charge is 2.32. The monoisotopic (exact) mass is 191 g/mol. The SMILES string of the molecule is Cc1c(NO)cccc1C(F)(F)F. The first kappa shape index (κ1) is 9.85. The van der Waals surface area contributed by atoms with Gasteiger partial charge in [0.1, 0.15) is 0 Å². The second kappa shape index (κ2) is 3.26. The van der Waals surface area contributed by atoms with Gasteiger partial charge >= 0.3 is 6.18 Å². The molecule has 0 aliphatic heterocycles. The molecule has 0 saturated carbocycles. The second-order valence-corrected chi connectivity index (χ2v) is 2.59. The third-order valence-electron chi connectivity index (χ3n) is 1.76. The summed E-state index contributed by atoms with van der Waals surface area (Å²) in [5, 5.41) is 8.49. The van der Waals surface area contributed by atoms with Crippen molar-refractivity contribution >= 4 is 5.69 Å². The van der Waals surface area contributed by atoms with Crippen molar-refractivity contribution in [2.24, 2.45) is 0 Å². The fourth-order valence-corrected chi connectivity index (χ4v) is 1.06. The molecule has 0 aliphatic carbocycles. The van der Waals surface area contributed by atoms with E-state index in [-0.39, 0.29) is 11.3 Å². The fourth-order valence-electron chi connectivity index (χ4n) is 1.06. The normalized spacial score (nSPS) is 11.5. The van der Waals surface area contributed by atoms with E-state index >= 15 is 0 Å². The summed E-state index contributed by atoms with van der Waals surface area (Å²) >= 11 is 0. The number of rotatable bonds is 1. The van der Waals surface area contributed by atoms with E-state index in [1.54, 1.807) is 5.48 Å². The van der Waals surface area contributed by atoms with Crippen LogP contribution in [0.4, 0.5) is 18.9 Å². The Hall–Kier alpha value is -1.23. The zero-order valence-electron chi connectivity index (χ0n) is 6.81. The number of alkyl halides is 3. The van der Waals surface area contributed by atoms with Gasteiger partial charge in [0.05, 0.1) is 11.3 Å². The van der Waals surface area contributed by atoms with Gasteiger partial charge in [0.15, 0.2) is 0 Å². The highest BCUT2D eigenvalue weighted by molar-refractivity contribution is 5.53. The number of halogens is 3. The predicted molar refractivity (Wildman–Crippen MR) is 41.6 cm³/mol. The van der Waals surface area contributed by atoms with Crippen LogP contribution in [0, 0.1) is 6.92 Å². The van der Waals surface area contributed by atoms with Gasteiger partial charge in [-0.05, 0) is 24.6 Å². The third-order valence-corrected chi connectivity index (χ3v) is 1.76. The molecular formula is C8H8F3NO. The number of anilines is 1. The summed E-state index contributed by atoms with van der Waals surface area (Å²) in [5.74, 6) is 0. The quantitative estimate of drug-likeness (QED) is 0.669. The Labute approximate surface area is 73.0 Å². The van der Waals surface area contributed by atoms with Crippen LogP contribution >= 0.6 is 0 Å². The van der Waals surface area contributed by atoms with Crippen molar-refractivity contribution in [3.63, 3.8) is 0 Å². The zero-order valence-corrected chi connectivity index (χ0v) is 6.81. The van der Waals surface area contributed by atoms with Crippen molar-refractivity contribution in [3.8, 4) is 0 Å². The maximum Gasteiger partial charge on any atom is 0.416 e. The van der Waals surface area contributed by atoms with E-state index in [9.17, 15) is 13.2 Å². The maximum atomic E-state index is 12.3. The summed E-state index contributed by atoms with van der Waals surface area (Å²) in [7, 11) is 0. The molecule has 13 heavy (non-hydrogen) atoms. The first-order valence-electron chi connectivity index (χ1n) is 3.53. The van der Waals surface area contributed by atoms with Gasteiger partial charge in [-0.15, -0.1) is 0 Å². The number of benzene rings is 1. The van der Waals surface area contributed by atoms with Gasteiger partial charge in [0.25, 0.3) is 0 Å². The van der Waals surface area contributed by atoms with Crippen LogP contribution in [0.3, 0.4) is 0 Å². The lowest BCUT2D eigenvalue weighted by Crippen LogP contribution is -2.08. The largest absolute Gasteiger partial charge is 0.416 e. The Morgan fingerprint density at radius 1 is 1.31 bits per heavy atom. The van der Waals surface area contributed by atoms with Gasteiger partial charge in [-0.2, -0.15) is 13.2 Å². The van der Waals surface area contributed by atoms with Crippen molar-refractivity contribution in [2.75, 3.05) is 5.48 Å². The molecule has 5 heteroatoms. The highest BCUT2D eigenvalue weighted by Crippen LogP contribution is 2.34. The standard InChI is InChI=1S/C8H8F3NO/c1-5-6(8(9,10)11)3-2-4-7(5)12-13/h2-4,12-13H,1H3. The predicted octanol–water partition coefficient (Wildman–Crippen LogP) is 2.81. The number of hydrogen-bond donors (Lipinski definition) is 2. The Bertz CT molecular complexity index is 309. The molecule has 0 fully saturated rings. The van der Waals surface area contributed by atoms with E-state index in [4.69, 9.17) is 5.21 Å². The molecule has 0 spiro atoms. The van der Waals surface area contributed by atoms with Gasteiger partial charge in [-0.3, -0.25) is 10.7 Å². The average Bonchev–Trinajstić information content (AvgIpc) is 2.02. The summed E-state index contributed by atoms with van der Waals surface area (Å²) in [6.45, 7) is 1.29. The Kier molecular flexibility index (Phi) is 2.47. The van der Waals surface area contributed by atoms with E-state index in [0.29, 0.717) is 0 Å². The van der Waals surface area contributed by atoms with Crippen LogP contribution in [0.15, 0.2) is 18.2 Å². The molecule has 0 aromatic heterocycles. The fraction of sp³-hybridized carbons (Fsp3) is 0.250. The summed E-state index contributed by atoms with van der Waals surface area (Å²) in [6, 6.07) is 3.56. The van der Waals surface area contributed by atoms with Crippen LogP contribution in [0.5, 0.6) is 0 Å². The Morgan fingerprint density at radius 2 is 1.92 bits per heavy atom. The lowest BCUT2D eigenvalue weighted by Gasteiger charge is -2.12. The van der Waals surface area contributed by atoms with E-state index in [1.807, 2.05) is 0 Å². The third kappa shape index (κ3) is 1.92. The molecule has 0 aliphatic rings. The maximum absolute atomic E-state index is 12.3. The molecule has 0 amide bonds. The van der Waals surface area contributed by atoms with Gasteiger partial charge in [-0.25, -0.2) is 0 Å². The van der Waals surface area contributed by atoms with E-state index in [0.717, 1.165) is 6.07 Å². The van der Waals surface area contributed by atoms with Crippen molar-refractivity contribution < 1.29 is 18.4 Å². The summed E-state index contributed by atoms with van der Waals surface area (Å²) < 4.78 is 36.8. The minimum Gasteiger partial charge on any atom is -0.291 e. The lowest BCUT2D eigenvalue weighted by atomic mass is 10.1. The molecule has 0 heterocycles. The van der Waals surface area contributed by atoms with Gasteiger partial charge in [-0.1, -0.05) is 6.07 Å². The van der Waals surface area contributed by atoms with Crippen LogP contribution in [-0.4, -0.2) is 5.21 Å². The Morgan fingerprint density at radius 3 is 2.38 bits per heavy atom. The van der Waals surface area contributed by atoms with Crippen LogP contribution in [0.25, 0.3) is 0 Å². The topological polar surface area (TPSA) is 32.3 Å². The molecule has 2 N–H and O–H groups in total. The zero-order chi connectivity index (χ0) is 10.1. The number of hydrogen-bond acceptors (Lipinski definition) is 2. The van der Waals surface area contributed by atoms with Crippen LogP contribution in [0.1, 0.15) is 11.1 Å². The first-order valence-corrected chi connectivity index (χ1v) is 3.53. The molecule has 72 valence electrons. The van der Waals surface area contributed by atoms with Crippen LogP contribution in [0.2, 0.25) is 0 Å². The molecule has 0 bridgehead atoms. The molecule has 0 radical (unpaired) electrons. The van der Waals surface area contributed by atoms with Crippen LogP contribution in [-0.2, 0) is 6.18 Å². The summed E-state index contributed by atoms with van der Waals surface area (Å²) in [4.78, 5) is 0. The second-order valence-electron chi connectivity index (χ2n) is 2.59. The van der Waals surface area contributed by atoms with Crippen molar-refractivity contribution in [1.82, 2.24) is 0 Å². The Balaban J connectivity index is 3.24. The molecule has 2 nitrogen and oxygen atoms in total. The van der Waals surface area contributed by atoms with E-state index in [1.165, 1.54) is 19.1 Å².